The van der Waals surface area contributed by atoms with E-state index in [9.17, 15) is 0 Å². The Morgan fingerprint density at radius 2 is 2.28 bits per heavy atom. The highest BCUT2D eigenvalue weighted by Gasteiger charge is 2.21. The zero-order chi connectivity index (χ0) is 13.0. The van der Waals surface area contributed by atoms with Crippen LogP contribution in [0, 0.1) is 5.92 Å². The van der Waals surface area contributed by atoms with E-state index in [4.69, 9.17) is 16.3 Å². The van der Waals surface area contributed by atoms with Crippen LogP contribution in [-0.4, -0.2) is 19.8 Å². The molecule has 1 aromatic carbocycles. The molecule has 2 nitrogen and oxygen atoms in total. The fraction of sp³-hybridized carbons (Fsp3) is 0.600. The number of ether oxygens (including phenoxy) is 1. The van der Waals surface area contributed by atoms with Crippen LogP contribution in [0.15, 0.2) is 18.2 Å². The molecule has 0 bridgehead atoms. The van der Waals surface area contributed by atoms with Crippen molar-refractivity contribution in [1.29, 1.82) is 0 Å². The van der Waals surface area contributed by atoms with Gasteiger partial charge in [-0.05, 0) is 42.0 Å². The Balaban J connectivity index is 1.76. The summed E-state index contributed by atoms with van der Waals surface area (Å²) in [6.45, 7) is 6.89. The van der Waals surface area contributed by atoms with Gasteiger partial charge in [0, 0.05) is 24.2 Å². The van der Waals surface area contributed by atoms with Crippen molar-refractivity contribution in [2.45, 2.75) is 32.7 Å². The summed E-state index contributed by atoms with van der Waals surface area (Å²) >= 11 is 6.01. The third-order valence-corrected chi connectivity index (χ3v) is 3.51. The third-order valence-electron chi connectivity index (χ3n) is 3.27. The van der Waals surface area contributed by atoms with E-state index in [1.807, 2.05) is 6.07 Å². The Bertz CT molecular complexity index is 392. The van der Waals surface area contributed by atoms with Crippen molar-refractivity contribution in [3.05, 3.63) is 34.3 Å². The number of nitrogens with one attached hydrogen (secondary N) is 1. The standard InChI is InChI=1S/C15H22ClNO/c1-11(2)10-18-8-7-17-15-6-3-12-9-13(16)4-5-14(12)15/h4-5,9,11,15,17H,3,6-8,10H2,1-2H3. The van der Waals surface area contributed by atoms with Gasteiger partial charge in [-0.1, -0.05) is 31.5 Å². The molecule has 1 atom stereocenters. The van der Waals surface area contributed by atoms with Gasteiger partial charge in [-0.3, -0.25) is 0 Å². The minimum Gasteiger partial charge on any atom is -0.380 e. The second-order valence-electron chi connectivity index (χ2n) is 5.36. The molecule has 1 unspecified atom stereocenters. The molecule has 0 aliphatic heterocycles. The Morgan fingerprint density at radius 1 is 1.44 bits per heavy atom. The summed E-state index contributed by atoms with van der Waals surface area (Å²) in [6.07, 6.45) is 2.29. The molecule has 0 heterocycles. The molecular formula is C15H22ClNO. The lowest BCUT2D eigenvalue weighted by molar-refractivity contribution is 0.110. The lowest BCUT2D eigenvalue weighted by Gasteiger charge is -2.14. The van der Waals surface area contributed by atoms with Gasteiger partial charge in [0.2, 0.25) is 0 Å². The number of fused-ring (bicyclic) bond motifs is 1. The highest BCUT2D eigenvalue weighted by Crippen LogP contribution is 2.32. The average molecular weight is 268 g/mol. The van der Waals surface area contributed by atoms with Crippen molar-refractivity contribution in [3.8, 4) is 0 Å². The average Bonchev–Trinajstić information content (AvgIpc) is 2.70. The Labute approximate surface area is 115 Å². The molecule has 0 amide bonds. The fourth-order valence-corrected chi connectivity index (χ4v) is 2.62. The Kier molecular flexibility index (Phi) is 5.04. The molecule has 1 aliphatic rings. The molecule has 18 heavy (non-hydrogen) atoms. The van der Waals surface area contributed by atoms with E-state index in [2.05, 4.69) is 31.3 Å². The number of benzene rings is 1. The van der Waals surface area contributed by atoms with Gasteiger partial charge in [0.1, 0.15) is 0 Å². The lowest BCUT2D eigenvalue weighted by Crippen LogP contribution is -2.24. The molecule has 0 spiro atoms. The van der Waals surface area contributed by atoms with Crippen LogP contribution in [0.25, 0.3) is 0 Å². The first-order valence-electron chi connectivity index (χ1n) is 6.76. The number of halogens is 1. The summed E-state index contributed by atoms with van der Waals surface area (Å²) in [5.74, 6) is 0.611. The fourth-order valence-electron chi connectivity index (χ4n) is 2.42. The molecule has 3 heteroatoms. The van der Waals surface area contributed by atoms with Crippen LogP contribution in [-0.2, 0) is 11.2 Å². The molecule has 0 fully saturated rings. The smallest absolute Gasteiger partial charge is 0.0591 e. The summed E-state index contributed by atoms with van der Waals surface area (Å²) in [5.41, 5.74) is 2.80. The summed E-state index contributed by atoms with van der Waals surface area (Å²) in [7, 11) is 0. The van der Waals surface area contributed by atoms with Crippen LogP contribution < -0.4 is 5.32 Å². The third kappa shape index (κ3) is 3.71. The SMILES string of the molecule is CC(C)COCCNC1CCc2cc(Cl)ccc21. The maximum atomic E-state index is 6.01. The van der Waals surface area contributed by atoms with E-state index in [-0.39, 0.29) is 0 Å². The topological polar surface area (TPSA) is 21.3 Å². The Morgan fingerprint density at radius 3 is 3.06 bits per heavy atom. The second-order valence-corrected chi connectivity index (χ2v) is 5.79. The predicted molar refractivity (Wildman–Crippen MR) is 76.2 cm³/mol. The Hall–Kier alpha value is -0.570. The van der Waals surface area contributed by atoms with Gasteiger partial charge < -0.3 is 10.1 Å². The molecule has 0 radical (unpaired) electrons. The maximum Gasteiger partial charge on any atom is 0.0591 e. The van der Waals surface area contributed by atoms with Crippen LogP contribution in [0.1, 0.15) is 37.4 Å². The van der Waals surface area contributed by atoms with Crippen LogP contribution in [0.4, 0.5) is 0 Å². The summed E-state index contributed by atoms with van der Waals surface area (Å²) in [5, 5.41) is 4.41. The summed E-state index contributed by atoms with van der Waals surface area (Å²) in [6, 6.07) is 6.70. The number of hydrogen-bond acceptors (Lipinski definition) is 2. The van der Waals surface area contributed by atoms with E-state index in [1.54, 1.807) is 0 Å². The molecule has 1 aliphatic carbocycles. The van der Waals surface area contributed by atoms with Crippen LogP contribution in [0.2, 0.25) is 5.02 Å². The number of hydrogen-bond donors (Lipinski definition) is 1. The lowest BCUT2D eigenvalue weighted by atomic mass is 10.1. The largest absolute Gasteiger partial charge is 0.380 e. The van der Waals surface area contributed by atoms with E-state index in [1.165, 1.54) is 17.5 Å². The minimum atomic E-state index is 0.472. The monoisotopic (exact) mass is 267 g/mol. The molecule has 0 saturated carbocycles. The normalized spacial score (nSPS) is 18.3. The quantitative estimate of drug-likeness (QED) is 0.796. The van der Waals surface area contributed by atoms with Gasteiger partial charge in [0.05, 0.1) is 6.61 Å². The summed E-state index contributed by atoms with van der Waals surface area (Å²) in [4.78, 5) is 0. The van der Waals surface area contributed by atoms with Gasteiger partial charge in [-0.15, -0.1) is 0 Å². The van der Waals surface area contributed by atoms with Crippen LogP contribution in [0.3, 0.4) is 0 Å². The zero-order valence-electron chi connectivity index (χ0n) is 11.2. The molecule has 2 rings (SSSR count). The van der Waals surface area contributed by atoms with E-state index in [0.29, 0.717) is 12.0 Å². The molecule has 1 N–H and O–H groups in total. The van der Waals surface area contributed by atoms with Crippen molar-refractivity contribution in [2.24, 2.45) is 5.92 Å². The van der Waals surface area contributed by atoms with Crippen molar-refractivity contribution < 1.29 is 4.74 Å². The van der Waals surface area contributed by atoms with E-state index in [0.717, 1.165) is 31.2 Å². The van der Waals surface area contributed by atoms with Crippen molar-refractivity contribution in [2.75, 3.05) is 19.8 Å². The first-order chi connectivity index (χ1) is 8.66. The van der Waals surface area contributed by atoms with Gasteiger partial charge in [0.15, 0.2) is 0 Å². The first kappa shape index (κ1) is 13.9. The van der Waals surface area contributed by atoms with Gasteiger partial charge in [-0.25, -0.2) is 0 Å². The minimum absolute atomic E-state index is 0.472. The van der Waals surface area contributed by atoms with E-state index >= 15 is 0 Å². The summed E-state index contributed by atoms with van der Waals surface area (Å²) < 4.78 is 5.58. The van der Waals surface area contributed by atoms with Gasteiger partial charge in [-0.2, -0.15) is 0 Å². The maximum absolute atomic E-state index is 6.01. The van der Waals surface area contributed by atoms with Gasteiger partial charge in [0.25, 0.3) is 0 Å². The molecule has 0 saturated heterocycles. The van der Waals surface area contributed by atoms with Crippen LogP contribution >= 0.6 is 11.6 Å². The second kappa shape index (κ2) is 6.55. The van der Waals surface area contributed by atoms with Crippen molar-refractivity contribution >= 4 is 11.6 Å². The molecule has 0 aromatic heterocycles. The van der Waals surface area contributed by atoms with Gasteiger partial charge >= 0.3 is 0 Å². The first-order valence-corrected chi connectivity index (χ1v) is 7.14. The molecular weight excluding hydrogens is 246 g/mol. The van der Waals surface area contributed by atoms with Crippen LogP contribution in [0.5, 0.6) is 0 Å². The predicted octanol–water partition coefficient (Wildman–Crippen LogP) is 3.59. The zero-order valence-corrected chi connectivity index (χ0v) is 12.0. The number of aryl methyl sites for hydroxylation is 1. The molecule has 100 valence electrons. The molecule has 1 aromatic rings. The van der Waals surface area contributed by atoms with Crippen molar-refractivity contribution in [1.82, 2.24) is 5.32 Å². The highest BCUT2D eigenvalue weighted by molar-refractivity contribution is 6.30. The van der Waals surface area contributed by atoms with E-state index < -0.39 is 0 Å². The number of rotatable bonds is 6. The van der Waals surface area contributed by atoms with Crippen molar-refractivity contribution in [3.63, 3.8) is 0 Å². The highest BCUT2D eigenvalue weighted by atomic mass is 35.5.